The summed E-state index contributed by atoms with van der Waals surface area (Å²) >= 11 is 0. The zero-order valence-corrected chi connectivity index (χ0v) is 26.9. The molecule has 1 fully saturated rings. The largest absolute Gasteiger partial charge is 0.310 e. The quantitative estimate of drug-likeness (QED) is 0.185. The summed E-state index contributed by atoms with van der Waals surface area (Å²) < 4.78 is 0. The second kappa shape index (κ2) is 11.5. The topological polar surface area (TPSA) is 3.24 Å². The van der Waals surface area contributed by atoms with Gasteiger partial charge in [-0.1, -0.05) is 148 Å². The Labute approximate surface area is 274 Å². The fourth-order valence-electron chi connectivity index (χ4n) is 8.31. The molecule has 0 spiro atoms. The van der Waals surface area contributed by atoms with Crippen LogP contribution in [0.25, 0.3) is 22.3 Å². The van der Waals surface area contributed by atoms with E-state index in [1.165, 1.54) is 88.0 Å². The van der Waals surface area contributed by atoms with Crippen molar-refractivity contribution in [3.05, 3.63) is 174 Å². The van der Waals surface area contributed by atoms with E-state index in [-0.39, 0.29) is 10.8 Å². The monoisotopic (exact) mass is 595 g/mol. The highest BCUT2D eigenvalue weighted by Crippen LogP contribution is 2.51. The van der Waals surface area contributed by atoms with Gasteiger partial charge in [0, 0.05) is 27.9 Å². The van der Waals surface area contributed by atoms with Gasteiger partial charge >= 0.3 is 0 Å². The number of rotatable bonds is 6. The molecule has 6 aromatic carbocycles. The van der Waals surface area contributed by atoms with Crippen LogP contribution in [0, 0.1) is 0 Å². The van der Waals surface area contributed by atoms with Gasteiger partial charge < -0.3 is 4.90 Å². The summed E-state index contributed by atoms with van der Waals surface area (Å²) in [6.45, 7) is 4.70. The van der Waals surface area contributed by atoms with Crippen molar-refractivity contribution in [2.45, 2.75) is 56.8 Å². The van der Waals surface area contributed by atoms with E-state index in [1.54, 1.807) is 0 Å². The van der Waals surface area contributed by atoms with E-state index in [1.807, 2.05) is 0 Å². The molecule has 0 bridgehead atoms. The summed E-state index contributed by atoms with van der Waals surface area (Å²) in [5.74, 6) is 0. The van der Waals surface area contributed by atoms with Crippen LogP contribution in [-0.2, 0) is 10.8 Å². The Morgan fingerprint density at radius 3 is 1.65 bits per heavy atom. The summed E-state index contributed by atoms with van der Waals surface area (Å²) in [6, 6.07) is 56.4. The van der Waals surface area contributed by atoms with Crippen molar-refractivity contribution in [3.63, 3.8) is 0 Å². The van der Waals surface area contributed by atoms with Crippen LogP contribution in [0.15, 0.2) is 152 Å². The third kappa shape index (κ3) is 4.77. The van der Waals surface area contributed by atoms with Crippen LogP contribution in [0.5, 0.6) is 0 Å². The summed E-state index contributed by atoms with van der Waals surface area (Å²) in [5, 5.41) is 0. The Hall–Kier alpha value is -4.88. The molecule has 0 saturated heterocycles. The summed E-state index contributed by atoms with van der Waals surface area (Å²) in [6.07, 6.45) is 6.31. The van der Waals surface area contributed by atoms with Crippen molar-refractivity contribution in [1.29, 1.82) is 0 Å². The van der Waals surface area contributed by atoms with Crippen molar-refractivity contribution >= 4 is 17.1 Å². The standard InChI is InChI=1S/C45H41N/c1-44(2)42-19-11-10-18-40(42)41-32-39(28-29-43(41)44)46(37-24-20-34(21-25-37)33-14-6-3-7-15-33)38-26-22-36(23-27-38)45(30-12-5-13-31-45)35-16-8-4-9-17-35/h3-4,6-11,14-29,32H,5,12-13,30-31H2,1-2H3. The van der Waals surface area contributed by atoms with Gasteiger partial charge in [-0.25, -0.2) is 0 Å². The molecular weight excluding hydrogens is 555 g/mol. The SMILES string of the molecule is CC1(C)c2ccccc2-c2cc(N(c3ccc(-c4ccccc4)cc3)c3ccc(C4(c5ccccc5)CCCCC4)cc3)ccc21. The lowest BCUT2D eigenvalue weighted by Crippen LogP contribution is -2.30. The smallest absolute Gasteiger partial charge is 0.0468 e. The normalized spacial score (nSPS) is 16.0. The summed E-state index contributed by atoms with van der Waals surface area (Å²) in [7, 11) is 0. The molecule has 0 atom stereocenters. The van der Waals surface area contributed by atoms with Crippen LogP contribution < -0.4 is 4.90 Å². The number of anilines is 3. The van der Waals surface area contributed by atoms with Gasteiger partial charge in [0.1, 0.15) is 0 Å². The second-order valence-electron chi connectivity index (χ2n) is 13.7. The minimum atomic E-state index is -0.0139. The van der Waals surface area contributed by atoms with Crippen molar-refractivity contribution in [1.82, 2.24) is 0 Å². The second-order valence-corrected chi connectivity index (χ2v) is 13.7. The van der Waals surface area contributed by atoms with E-state index in [4.69, 9.17) is 0 Å². The number of fused-ring (bicyclic) bond motifs is 3. The Kier molecular flexibility index (Phi) is 7.14. The molecule has 0 heterocycles. The van der Waals surface area contributed by atoms with Crippen LogP contribution in [0.4, 0.5) is 17.1 Å². The first-order valence-electron chi connectivity index (χ1n) is 16.9. The lowest BCUT2D eigenvalue weighted by Gasteiger charge is -2.39. The average Bonchev–Trinajstić information content (AvgIpc) is 3.36. The van der Waals surface area contributed by atoms with Crippen LogP contribution in [0.2, 0.25) is 0 Å². The van der Waals surface area contributed by atoms with Gasteiger partial charge in [0.25, 0.3) is 0 Å². The Balaban J connectivity index is 1.24. The average molecular weight is 596 g/mol. The minimum absolute atomic E-state index is 0.0139. The Morgan fingerprint density at radius 1 is 0.435 bits per heavy atom. The maximum atomic E-state index is 2.43. The zero-order chi connectivity index (χ0) is 31.1. The number of hydrogen-bond acceptors (Lipinski definition) is 1. The molecule has 2 aliphatic carbocycles. The maximum absolute atomic E-state index is 2.43. The Morgan fingerprint density at radius 2 is 0.957 bits per heavy atom. The number of nitrogens with zero attached hydrogens (tertiary/aromatic N) is 1. The van der Waals surface area contributed by atoms with Crippen LogP contribution in [0.1, 0.15) is 68.2 Å². The molecule has 0 N–H and O–H groups in total. The van der Waals surface area contributed by atoms with Crippen molar-refractivity contribution < 1.29 is 0 Å². The molecule has 8 rings (SSSR count). The maximum Gasteiger partial charge on any atom is 0.0468 e. The molecule has 6 aromatic rings. The van der Waals surface area contributed by atoms with Gasteiger partial charge in [-0.05, 0) is 93.7 Å². The molecular formula is C45H41N. The molecule has 226 valence electrons. The third-order valence-electron chi connectivity index (χ3n) is 10.8. The van der Waals surface area contributed by atoms with Crippen LogP contribution >= 0.6 is 0 Å². The van der Waals surface area contributed by atoms with Crippen LogP contribution in [-0.4, -0.2) is 0 Å². The molecule has 0 amide bonds. The Bertz CT molecular complexity index is 1960. The zero-order valence-electron chi connectivity index (χ0n) is 26.9. The van der Waals surface area contributed by atoms with Crippen molar-refractivity contribution in [3.8, 4) is 22.3 Å². The van der Waals surface area contributed by atoms with Gasteiger partial charge in [-0.3, -0.25) is 0 Å². The van der Waals surface area contributed by atoms with Crippen LogP contribution in [0.3, 0.4) is 0 Å². The molecule has 1 nitrogen and oxygen atoms in total. The minimum Gasteiger partial charge on any atom is -0.310 e. The first-order valence-corrected chi connectivity index (χ1v) is 16.9. The van der Waals surface area contributed by atoms with E-state index >= 15 is 0 Å². The van der Waals surface area contributed by atoms with E-state index in [2.05, 4.69) is 170 Å². The highest BCUT2D eigenvalue weighted by atomic mass is 15.1. The summed E-state index contributed by atoms with van der Waals surface area (Å²) in [5.41, 5.74) is 14.4. The predicted molar refractivity (Wildman–Crippen MR) is 194 cm³/mol. The van der Waals surface area contributed by atoms with Crippen molar-refractivity contribution in [2.24, 2.45) is 0 Å². The lowest BCUT2D eigenvalue weighted by atomic mass is 9.65. The molecule has 1 heteroatoms. The molecule has 0 unspecified atom stereocenters. The van der Waals surface area contributed by atoms with Crippen molar-refractivity contribution in [2.75, 3.05) is 4.90 Å². The van der Waals surface area contributed by atoms with Gasteiger partial charge in [0.15, 0.2) is 0 Å². The highest BCUT2D eigenvalue weighted by Gasteiger charge is 2.37. The fraction of sp³-hybridized carbons (Fsp3) is 0.200. The number of benzene rings is 6. The predicted octanol–water partition coefficient (Wildman–Crippen LogP) is 12.4. The van der Waals surface area contributed by atoms with Gasteiger partial charge in [-0.2, -0.15) is 0 Å². The fourth-order valence-corrected chi connectivity index (χ4v) is 8.31. The highest BCUT2D eigenvalue weighted by molar-refractivity contribution is 5.87. The molecule has 1 saturated carbocycles. The molecule has 0 aromatic heterocycles. The first kappa shape index (κ1) is 28.6. The van der Waals surface area contributed by atoms with E-state index in [9.17, 15) is 0 Å². The lowest BCUT2D eigenvalue weighted by molar-refractivity contribution is 0.346. The molecule has 46 heavy (non-hydrogen) atoms. The summed E-state index contributed by atoms with van der Waals surface area (Å²) in [4.78, 5) is 2.43. The first-order chi connectivity index (χ1) is 22.5. The van der Waals surface area contributed by atoms with Gasteiger partial charge in [0.05, 0.1) is 0 Å². The van der Waals surface area contributed by atoms with E-state index in [0.717, 1.165) is 5.69 Å². The molecule has 0 radical (unpaired) electrons. The molecule has 2 aliphatic rings. The van der Waals surface area contributed by atoms with Gasteiger partial charge in [0.2, 0.25) is 0 Å². The number of hydrogen-bond donors (Lipinski definition) is 0. The van der Waals surface area contributed by atoms with E-state index < -0.39 is 0 Å². The van der Waals surface area contributed by atoms with E-state index in [0.29, 0.717) is 0 Å². The third-order valence-corrected chi connectivity index (χ3v) is 10.8. The molecule has 0 aliphatic heterocycles. The van der Waals surface area contributed by atoms with Gasteiger partial charge in [-0.15, -0.1) is 0 Å².